The molecule has 0 spiro atoms. The molecule has 2 aromatic heterocycles. The van der Waals surface area contributed by atoms with Gasteiger partial charge in [-0.1, -0.05) is 6.07 Å². The highest BCUT2D eigenvalue weighted by molar-refractivity contribution is 7.97. The zero-order valence-corrected chi connectivity index (χ0v) is 19.8. The standard InChI is InChI=1S/C25H29N5O3S/c26-16-19-5-3-13-29(19)15-11-22(28-34-23-7-1-6-21-20(23)10-12-27-21)25(33)30-14-2-4-18(17-30)8-9-24(31)32/h1,3,5-7,10,12-13,18,22,27-28H,2,4,8-9,11,14-15,17H2,(H,31,32). The van der Waals surface area contributed by atoms with Crippen LogP contribution < -0.4 is 4.72 Å². The van der Waals surface area contributed by atoms with Crippen LogP contribution in [0, 0.1) is 17.2 Å². The summed E-state index contributed by atoms with van der Waals surface area (Å²) >= 11 is 1.45. The van der Waals surface area contributed by atoms with Crippen LogP contribution in [0.1, 0.15) is 37.8 Å². The fraction of sp³-hybridized carbons (Fsp3) is 0.400. The van der Waals surface area contributed by atoms with Gasteiger partial charge in [-0.3, -0.25) is 9.59 Å². The maximum Gasteiger partial charge on any atom is 0.303 e. The average molecular weight is 480 g/mol. The summed E-state index contributed by atoms with van der Waals surface area (Å²) in [5.74, 6) is -0.553. The molecule has 0 aliphatic carbocycles. The summed E-state index contributed by atoms with van der Waals surface area (Å²) < 4.78 is 5.27. The molecule has 2 unspecified atom stereocenters. The minimum Gasteiger partial charge on any atom is -0.481 e. The van der Waals surface area contributed by atoms with E-state index in [4.69, 9.17) is 5.11 Å². The maximum atomic E-state index is 13.6. The van der Waals surface area contributed by atoms with Crippen LogP contribution in [-0.2, 0) is 16.1 Å². The molecule has 3 N–H and O–H groups in total. The molecule has 1 aromatic carbocycles. The molecule has 1 saturated heterocycles. The van der Waals surface area contributed by atoms with Gasteiger partial charge >= 0.3 is 5.97 Å². The molecule has 0 bridgehead atoms. The third-order valence-electron chi connectivity index (χ3n) is 6.36. The Hall–Kier alpha value is -3.22. The van der Waals surface area contributed by atoms with E-state index in [1.54, 1.807) is 6.07 Å². The van der Waals surface area contributed by atoms with Gasteiger partial charge in [0.1, 0.15) is 11.8 Å². The first-order valence-corrected chi connectivity index (χ1v) is 12.4. The van der Waals surface area contributed by atoms with Crippen LogP contribution in [0.3, 0.4) is 0 Å². The first-order valence-electron chi connectivity index (χ1n) is 11.6. The molecule has 34 heavy (non-hydrogen) atoms. The SMILES string of the molecule is N#Cc1cccn1CCC(NSc1cccc2[nH]ccc12)C(=O)N1CCCC(CCC(=O)O)C1. The normalized spacial score (nSPS) is 16.9. The number of aliphatic carboxylic acids is 1. The van der Waals surface area contributed by atoms with Gasteiger partial charge < -0.3 is 19.6 Å². The number of hydrogen-bond donors (Lipinski definition) is 3. The molecule has 4 rings (SSSR count). The van der Waals surface area contributed by atoms with Crippen LogP contribution in [-0.4, -0.2) is 50.6 Å². The lowest BCUT2D eigenvalue weighted by atomic mass is 9.93. The van der Waals surface area contributed by atoms with E-state index < -0.39 is 12.0 Å². The van der Waals surface area contributed by atoms with Crippen molar-refractivity contribution in [1.29, 1.82) is 5.26 Å². The number of carboxylic acids is 1. The highest BCUT2D eigenvalue weighted by Gasteiger charge is 2.29. The Morgan fingerprint density at radius 3 is 3.00 bits per heavy atom. The number of hydrogen-bond acceptors (Lipinski definition) is 5. The minimum absolute atomic E-state index is 0.0273. The molecule has 178 valence electrons. The topological polar surface area (TPSA) is 114 Å². The zero-order valence-electron chi connectivity index (χ0n) is 18.9. The fourth-order valence-electron chi connectivity index (χ4n) is 4.54. The summed E-state index contributed by atoms with van der Waals surface area (Å²) in [6.45, 7) is 1.82. The molecule has 8 nitrogen and oxygen atoms in total. The van der Waals surface area contributed by atoms with E-state index in [2.05, 4.69) is 15.8 Å². The number of aryl methyl sites for hydroxylation is 1. The van der Waals surface area contributed by atoms with Crippen molar-refractivity contribution in [3.63, 3.8) is 0 Å². The Kier molecular flexibility index (Phi) is 7.93. The summed E-state index contributed by atoms with van der Waals surface area (Å²) in [7, 11) is 0. The fourth-order valence-corrected chi connectivity index (χ4v) is 5.46. The summed E-state index contributed by atoms with van der Waals surface area (Å²) in [5.41, 5.74) is 1.61. The third-order valence-corrected chi connectivity index (χ3v) is 7.34. The molecule has 0 radical (unpaired) electrons. The second-order valence-electron chi connectivity index (χ2n) is 8.68. The summed E-state index contributed by atoms with van der Waals surface area (Å²) in [5, 5.41) is 19.4. The van der Waals surface area contributed by atoms with E-state index >= 15 is 0 Å². The molecule has 1 amide bonds. The van der Waals surface area contributed by atoms with E-state index in [0.717, 1.165) is 28.6 Å². The smallest absolute Gasteiger partial charge is 0.303 e. The maximum absolute atomic E-state index is 13.6. The van der Waals surface area contributed by atoms with Crippen LogP contribution in [0.25, 0.3) is 10.9 Å². The number of carbonyl (C=O) groups is 2. The van der Waals surface area contributed by atoms with Crippen LogP contribution in [0.5, 0.6) is 0 Å². The Morgan fingerprint density at radius 2 is 2.18 bits per heavy atom. The number of carboxylic acid groups (broad SMARTS) is 1. The highest BCUT2D eigenvalue weighted by atomic mass is 32.2. The molecule has 1 fully saturated rings. The second-order valence-corrected chi connectivity index (χ2v) is 9.56. The first-order chi connectivity index (χ1) is 16.5. The Bertz CT molecular complexity index is 1180. The number of amides is 1. The summed E-state index contributed by atoms with van der Waals surface area (Å²) in [6.07, 6.45) is 6.86. The molecule has 1 aliphatic heterocycles. The minimum atomic E-state index is -0.793. The molecule has 1 aliphatic rings. The number of aromatic nitrogens is 2. The highest BCUT2D eigenvalue weighted by Crippen LogP contribution is 2.27. The number of likely N-dealkylation sites (tertiary alicyclic amines) is 1. The van der Waals surface area contributed by atoms with Gasteiger partial charge in [0.15, 0.2) is 0 Å². The molecule has 9 heteroatoms. The van der Waals surface area contributed by atoms with Gasteiger partial charge in [0.05, 0.1) is 6.04 Å². The Morgan fingerprint density at radius 1 is 1.29 bits per heavy atom. The van der Waals surface area contributed by atoms with Gasteiger partial charge in [0, 0.05) is 54.2 Å². The number of H-pyrrole nitrogens is 1. The van der Waals surface area contributed by atoms with Crippen LogP contribution in [0.2, 0.25) is 0 Å². The number of carbonyl (C=O) groups excluding carboxylic acids is 1. The lowest BCUT2D eigenvalue weighted by molar-refractivity contribution is -0.137. The van der Waals surface area contributed by atoms with E-state index in [1.165, 1.54) is 11.9 Å². The molecule has 3 heterocycles. The van der Waals surface area contributed by atoms with Gasteiger partial charge in [-0.05, 0) is 73.9 Å². The van der Waals surface area contributed by atoms with Crippen molar-refractivity contribution < 1.29 is 14.7 Å². The van der Waals surface area contributed by atoms with Crippen molar-refractivity contribution in [2.75, 3.05) is 13.1 Å². The lowest BCUT2D eigenvalue weighted by Crippen LogP contribution is -2.48. The molecule has 0 saturated carbocycles. The summed E-state index contributed by atoms with van der Waals surface area (Å²) in [4.78, 5) is 30.7. The van der Waals surface area contributed by atoms with Gasteiger partial charge in [0.25, 0.3) is 0 Å². The third kappa shape index (κ3) is 5.82. The van der Waals surface area contributed by atoms with Crippen LogP contribution in [0.4, 0.5) is 0 Å². The van der Waals surface area contributed by atoms with Crippen molar-refractivity contribution in [1.82, 2.24) is 19.2 Å². The van der Waals surface area contributed by atoms with Gasteiger partial charge in [-0.2, -0.15) is 5.26 Å². The largest absolute Gasteiger partial charge is 0.481 e. The molecular weight excluding hydrogens is 450 g/mol. The van der Waals surface area contributed by atoms with E-state index in [9.17, 15) is 14.9 Å². The monoisotopic (exact) mass is 479 g/mol. The summed E-state index contributed by atoms with van der Waals surface area (Å²) in [6, 6.07) is 13.4. The van der Waals surface area contributed by atoms with Crippen molar-refractivity contribution in [2.45, 2.75) is 49.6 Å². The first kappa shape index (κ1) is 23.9. The number of piperidine rings is 1. The van der Waals surface area contributed by atoms with Crippen molar-refractivity contribution in [3.8, 4) is 6.07 Å². The van der Waals surface area contributed by atoms with Gasteiger partial charge in [-0.25, -0.2) is 4.72 Å². The average Bonchev–Trinajstić information content (AvgIpc) is 3.52. The van der Waals surface area contributed by atoms with E-state index in [-0.39, 0.29) is 18.2 Å². The van der Waals surface area contributed by atoms with Crippen molar-refractivity contribution >= 4 is 34.7 Å². The number of nitriles is 1. The van der Waals surface area contributed by atoms with Gasteiger partial charge in [-0.15, -0.1) is 0 Å². The Labute approximate surface area is 203 Å². The van der Waals surface area contributed by atoms with Crippen molar-refractivity contribution in [3.05, 3.63) is 54.5 Å². The van der Waals surface area contributed by atoms with Gasteiger partial charge in [0.2, 0.25) is 5.91 Å². The zero-order chi connectivity index (χ0) is 23.9. The lowest BCUT2D eigenvalue weighted by Gasteiger charge is -2.35. The molecular formula is C25H29N5O3S. The van der Waals surface area contributed by atoms with E-state index in [0.29, 0.717) is 38.2 Å². The second kappa shape index (κ2) is 11.3. The predicted molar refractivity (Wildman–Crippen MR) is 131 cm³/mol. The van der Waals surface area contributed by atoms with Crippen molar-refractivity contribution in [2.24, 2.45) is 5.92 Å². The number of nitrogens with zero attached hydrogens (tertiary/aromatic N) is 3. The molecule has 3 aromatic rings. The number of nitrogens with one attached hydrogen (secondary N) is 2. The van der Waals surface area contributed by atoms with Crippen LogP contribution in [0.15, 0.2) is 53.7 Å². The number of benzene rings is 1. The number of rotatable bonds is 10. The Balaban J connectivity index is 1.46. The number of fused-ring (bicyclic) bond motifs is 1. The molecule has 2 atom stereocenters. The number of aromatic amines is 1. The quantitative estimate of drug-likeness (QED) is 0.379. The predicted octanol–water partition coefficient (Wildman–Crippen LogP) is 4.00. The van der Waals surface area contributed by atoms with E-state index in [1.807, 2.05) is 52.2 Å². The van der Waals surface area contributed by atoms with Crippen LogP contribution >= 0.6 is 11.9 Å².